The van der Waals surface area contributed by atoms with Gasteiger partial charge in [-0.1, -0.05) is 30.3 Å². The Bertz CT molecular complexity index is 829. The van der Waals surface area contributed by atoms with Crippen LogP contribution in [0.15, 0.2) is 64.5 Å². The van der Waals surface area contributed by atoms with Crippen molar-refractivity contribution >= 4 is 15.7 Å². The van der Waals surface area contributed by atoms with Crippen molar-refractivity contribution in [1.82, 2.24) is 0 Å². The molecule has 2 aromatic rings. The first-order valence-electron chi connectivity index (χ1n) is 7.58. The van der Waals surface area contributed by atoms with Gasteiger partial charge in [-0.05, 0) is 29.8 Å². The van der Waals surface area contributed by atoms with E-state index in [9.17, 15) is 8.42 Å². The molecule has 0 bridgehead atoms. The van der Waals surface area contributed by atoms with E-state index in [1.54, 1.807) is 31.4 Å². The van der Waals surface area contributed by atoms with Crippen LogP contribution in [0.1, 0.15) is 17.2 Å². The van der Waals surface area contributed by atoms with E-state index in [0.717, 1.165) is 11.1 Å². The molecule has 6 heteroatoms. The number of hydrogen-bond donors (Lipinski definition) is 0. The minimum atomic E-state index is -3.21. The fourth-order valence-electron chi connectivity index (χ4n) is 2.66. The van der Waals surface area contributed by atoms with Crippen molar-refractivity contribution in [1.29, 1.82) is 0 Å². The summed E-state index contributed by atoms with van der Waals surface area (Å²) in [6.45, 7) is 0.425. The summed E-state index contributed by atoms with van der Waals surface area (Å²) < 4.78 is 34.5. The van der Waals surface area contributed by atoms with Gasteiger partial charge in [-0.25, -0.2) is 13.4 Å². The Morgan fingerprint density at radius 1 is 1.08 bits per heavy atom. The standard InChI is InChI=1S/C18H19NO4S/c1-22-12-16-17(13-8-10-15(11-9-13)24(2,20)21)23-18(19-16)14-6-4-3-5-7-14/h3-11,16-17H,12H2,1-2H3/t16-,17-/m1/s1. The fourth-order valence-corrected chi connectivity index (χ4v) is 3.29. The van der Waals surface area contributed by atoms with Gasteiger partial charge in [0.25, 0.3) is 0 Å². The zero-order valence-corrected chi connectivity index (χ0v) is 14.4. The number of benzene rings is 2. The molecule has 1 aliphatic rings. The van der Waals surface area contributed by atoms with Crippen LogP contribution in [0.4, 0.5) is 0 Å². The predicted octanol–water partition coefficient (Wildman–Crippen LogP) is 2.62. The molecule has 5 nitrogen and oxygen atoms in total. The Labute approximate surface area is 141 Å². The molecule has 3 rings (SSSR count). The molecule has 0 N–H and O–H groups in total. The van der Waals surface area contributed by atoms with Gasteiger partial charge in [-0.3, -0.25) is 0 Å². The third-order valence-electron chi connectivity index (χ3n) is 3.87. The van der Waals surface area contributed by atoms with Crippen molar-refractivity contribution in [3.05, 3.63) is 65.7 Å². The zero-order chi connectivity index (χ0) is 17.2. The highest BCUT2D eigenvalue weighted by molar-refractivity contribution is 7.90. The molecular weight excluding hydrogens is 326 g/mol. The molecule has 0 aliphatic carbocycles. The molecule has 0 aromatic heterocycles. The van der Waals surface area contributed by atoms with Gasteiger partial charge in [-0.2, -0.15) is 0 Å². The van der Waals surface area contributed by atoms with Crippen LogP contribution < -0.4 is 0 Å². The first-order valence-corrected chi connectivity index (χ1v) is 9.47. The third kappa shape index (κ3) is 3.49. The van der Waals surface area contributed by atoms with E-state index < -0.39 is 9.84 Å². The number of aliphatic imine (C=N–C) groups is 1. The second-order valence-corrected chi connectivity index (χ2v) is 7.72. The van der Waals surface area contributed by atoms with Gasteiger partial charge >= 0.3 is 0 Å². The van der Waals surface area contributed by atoms with Gasteiger partial charge in [0.1, 0.15) is 6.04 Å². The summed E-state index contributed by atoms with van der Waals surface area (Å²) in [5.74, 6) is 0.579. The molecule has 126 valence electrons. The summed E-state index contributed by atoms with van der Waals surface area (Å²) in [6.07, 6.45) is 0.895. The molecule has 1 aliphatic heterocycles. The summed E-state index contributed by atoms with van der Waals surface area (Å²) in [7, 11) is -1.59. The molecule has 0 spiro atoms. The Morgan fingerprint density at radius 2 is 1.75 bits per heavy atom. The molecule has 0 amide bonds. The molecule has 0 saturated carbocycles. The van der Waals surface area contributed by atoms with E-state index >= 15 is 0 Å². The smallest absolute Gasteiger partial charge is 0.217 e. The minimum absolute atomic E-state index is 0.172. The first-order chi connectivity index (χ1) is 11.5. The van der Waals surface area contributed by atoms with E-state index in [0.29, 0.717) is 12.5 Å². The summed E-state index contributed by atoms with van der Waals surface area (Å²) in [6, 6.07) is 16.2. The molecule has 2 atom stereocenters. The molecule has 24 heavy (non-hydrogen) atoms. The fraction of sp³-hybridized carbons (Fsp3) is 0.278. The molecule has 2 aromatic carbocycles. The monoisotopic (exact) mass is 345 g/mol. The van der Waals surface area contributed by atoms with E-state index in [4.69, 9.17) is 9.47 Å². The lowest BCUT2D eigenvalue weighted by atomic mass is 10.0. The summed E-state index contributed by atoms with van der Waals surface area (Å²) in [5, 5.41) is 0. The van der Waals surface area contributed by atoms with Crippen molar-refractivity contribution in [3.8, 4) is 0 Å². The Hall–Kier alpha value is -2.18. The van der Waals surface area contributed by atoms with Crippen LogP contribution in [-0.4, -0.2) is 40.3 Å². The lowest BCUT2D eigenvalue weighted by Crippen LogP contribution is -2.19. The van der Waals surface area contributed by atoms with Crippen LogP contribution in [0.25, 0.3) is 0 Å². The predicted molar refractivity (Wildman–Crippen MR) is 92.0 cm³/mol. The van der Waals surface area contributed by atoms with Crippen molar-refractivity contribution < 1.29 is 17.9 Å². The number of nitrogens with zero attached hydrogens (tertiary/aromatic N) is 1. The maximum atomic E-state index is 11.6. The molecular formula is C18H19NO4S. The Balaban J connectivity index is 1.88. The maximum absolute atomic E-state index is 11.6. The summed E-state index contributed by atoms with van der Waals surface area (Å²) in [5.41, 5.74) is 1.79. The zero-order valence-electron chi connectivity index (χ0n) is 13.5. The average molecular weight is 345 g/mol. The molecule has 0 radical (unpaired) electrons. The van der Waals surface area contributed by atoms with E-state index in [1.807, 2.05) is 30.3 Å². The molecule has 1 heterocycles. The van der Waals surface area contributed by atoms with E-state index in [-0.39, 0.29) is 17.0 Å². The number of hydrogen-bond acceptors (Lipinski definition) is 5. The average Bonchev–Trinajstić information content (AvgIpc) is 2.99. The number of methoxy groups -OCH3 is 1. The van der Waals surface area contributed by atoms with E-state index in [2.05, 4.69) is 4.99 Å². The van der Waals surface area contributed by atoms with E-state index in [1.165, 1.54) is 6.26 Å². The lowest BCUT2D eigenvalue weighted by Gasteiger charge is -2.17. The van der Waals surface area contributed by atoms with Gasteiger partial charge in [0.05, 0.1) is 11.5 Å². The van der Waals surface area contributed by atoms with Crippen LogP contribution in [0, 0.1) is 0 Å². The molecule has 0 saturated heterocycles. The topological polar surface area (TPSA) is 65.0 Å². The quantitative estimate of drug-likeness (QED) is 0.835. The largest absolute Gasteiger partial charge is 0.467 e. The number of sulfone groups is 1. The van der Waals surface area contributed by atoms with Gasteiger partial charge in [0.15, 0.2) is 15.9 Å². The molecule has 0 unspecified atom stereocenters. The number of ether oxygens (including phenoxy) is 2. The van der Waals surface area contributed by atoms with Crippen LogP contribution in [0.5, 0.6) is 0 Å². The third-order valence-corrected chi connectivity index (χ3v) is 4.99. The van der Waals surface area contributed by atoms with Crippen LogP contribution >= 0.6 is 0 Å². The highest BCUT2D eigenvalue weighted by atomic mass is 32.2. The van der Waals surface area contributed by atoms with Crippen LogP contribution in [-0.2, 0) is 19.3 Å². The van der Waals surface area contributed by atoms with Crippen molar-refractivity contribution in [3.63, 3.8) is 0 Å². The van der Waals surface area contributed by atoms with Crippen molar-refractivity contribution in [2.45, 2.75) is 17.0 Å². The molecule has 0 fully saturated rings. The highest BCUT2D eigenvalue weighted by Crippen LogP contribution is 2.31. The highest BCUT2D eigenvalue weighted by Gasteiger charge is 2.33. The van der Waals surface area contributed by atoms with Gasteiger partial charge in [-0.15, -0.1) is 0 Å². The minimum Gasteiger partial charge on any atom is -0.467 e. The maximum Gasteiger partial charge on any atom is 0.217 e. The number of rotatable bonds is 5. The Morgan fingerprint density at radius 3 is 2.33 bits per heavy atom. The summed E-state index contributed by atoms with van der Waals surface area (Å²) in [4.78, 5) is 4.92. The summed E-state index contributed by atoms with van der Waals surface area (Å²) >= 11 is 0. The van der Waals surface area contributed by atoms with Crippen molar-refractivity contribution in [2.24, 2.45) is 4.99 Å². The lowest BCUT2D eigenvalue weighted by molar-refractivity contribution is 0.120. The second-order valence-electron chi connectivity index (χ2n) is 5.70. The van der Waals surface area contributed by atoms with Crippen LogP contribution in [0.3, 0.4) is 0 Å². The van der Waals surface area contributed by atoms with Gasteiger partial charge in [0.2, 0.25) is 5.90 Å². The van der Waals surface area contributed by atoms with Gasteiger partial charge < -0.3 is 9.47 Å². The van der Waals surface area contributed by atoms with Crippen LogP contribution in [0.2, 0.25) is 0 Å². The SMILES string of the molecule is COC[C@H]1N=C(c2ccccc2)O[C@@H]1c1ccc(S(C)(=O)=O)cc1. The Kier molecular flexibility index (Phi) is 4.69. The normalized spacial score (nSPS) is 20.5. The first kappa shape index (κ1) is 16.7. The van der Waals surface area contributed by atoms with Crippen molar-refractivity contribution in [2.75, 3.05) is 20.0 Å². The second kappa shape index (κ2) is 6.75. The van der Waals surface area contributed by atoms with Gasteiger partial charge in [0, 0.05) is 18.9 Å².